The van der Waals surface area contributed by atoms with E-state index in [2.05, 4.69) is 13.8 Å². The van der Waals surface area contributed by atoms with Gasteiger partial charge in [0.05, 0.1) is 0 Å². The van der Waals surface area contributed by atoms with Crippen molar-refractivity contribution in [1.29, 1.82) is 0 Å². The Hall–Kier alpha value is -0.935. The maximum absolute atomic E-state index is 9.75. The molecule has 0 bridgehead atoms. The summed E-state index contributed by atoms with van der Waals surface area (Å²) in [7, 11) is -16.3. The molecule has 0 aliphatic carbocycles. The van der Waals surface area contributed by atoms with Gasteiger partial charge in [0.1, 0.15) is 0 Å². The molecule has 0 saturated carbocycles. The monoisotopic (exact) mass is 476 g/mol. The van der Waals surface area contributed by atoms with Crippen molar-refractivity contribution >= 4 is 21.8 Å². The molecular formula is C9H20B3F15NO-3. The maximum atomic E-state index is 9.75. The Morgan fingerprint density at radius 2 is 0.862 bits per heavy atom. The molecule has 184 valence electrons. The fourth-order valence-corrected chi connectivity index (χ4v) is 0.909. The number of nitrogens with two attached hydrogens (primary N) is 1. The highest BCUT2D eigenvalue weighted by Crippen LogP contribution is 2.15. The largest absolute Gasteiger partial charge is 0.673 e. The third-order valence-corrected chi connectivity index (χ3v) is 2.21. The van der Waals surface area contributed by atoms with Crippen LogP contribution in [0.1, 0.15) is 33.1 Å². The summed E-state index contributed by atoms with van der Waals surface area (Å²) in [5, 5.41) is 0. The molecule has 0 unspecified atom stereocenters. The van der Waals surface area contributed by atoms with Crippen LogP contribution >= 0.6 is 0 Å². The van der Waals surface area contributed by atoms with Crippen LogP contribution in [-0.4, -0.2) is 47.7 Å². The molecule has 0 aromatic rings. The van der Waals surface area contributed by atoms with Crippen molar-refractivity contribution in [1.82, 2.24) is 0 Å². The molecule has 0 saturated heterocycles. The zero-order valence-electron chi connectivity index (χ0n) is 15.3. The predicted octanol–water partition coefficient (Wildman–Crippen LogP) is 6.62. The van der Waals surface area contributed by atoms with Crippen LogP contribution in [0.2, 0.25) is 0 Å². The van der Waals surface area contributed by atoms with Crippen molar-refractivity contribution in [2.24, 2.45) is 5.73 Å². The van der Waals surface area contributed by atoms with E-state index < -0.39 is 28.4 Å². The van der Waals surface area contributed by atoms with Crippen LogP contribution in [0, 0.1) is 0 Å². The summed E-state index contributed by atoms with van der Waals surface area (Å²) in [4.78, 5) is 0. The molecular weight excluding hydrogens is 456 g/mol. The third-order valence-electron chi connectivity index (χ3n) is 2.21. The highest BCUT2D eigenvalue weighted by atomic mass is 19.5. The number of halogens is 15. The van der Waals surface area contributed by atoms with Gasteiger partial charge in [-0.25, -0.2) is 0 Å². The first-order chi connectivity index (χ1) is 12.4. The minimum Gasteiger partial charge on any atom is -0.418 e. The van der Waals surface area contributed by atoms with Gasteiger partial charge in [-0.1, -0.05) is 13.8 Å². The van der Waals surface area contributed by atoms with Gasteiger partial charge >= 0.3 is 28.4 Å². The SMILES string of the molecule is CCC(N)(CC)CCOC.FC(F)F.F[B-](F)(F)F.F[B-](F)(F)F.F[B-](F)(F)F. The van der Waals surface area contributed by atoms with Crippen molar-refractivity contribution in [2.75, 3.05) is 13.7 Å². The van der Waals surface area contributed by atoms with E-state index in [4.69, 9.17) is 10.5 Å². The summed E-state index contributed by atoms with van der Waals surface area (Å²) in [6.07, 6.45) is 3.04. The molecule has 29 heavy (non-hydrogen) atoms. The number of ether oxygens (including phenoxy) is 1. The van der Waals surface area contributed by atoms with E-state index in [0.717, 1.165) is 25.9 Å². The first-order valence-electron chi connectivity index (χ1n) is 7.23. The molecule has 0 amide bonds. The van der Waals surface area contributed by atoms with Crippen LogP contribution in [0.3, 0.4) is 0 Å². The minimum atomic E-state index is -6.00. The minimum absolute atomic E-state index is 0.00993. The van der Waals surface area contributed by atoms with Gasteiger partial charge < -0.3 is 62.3 Å². The maximum Gasteiger partial charge on any atom is 0.673 e. The van der Waals surface area contributed by atoms with Gasteiger partial charge in [-0.15, -0.1) is 0 Å². The van der Waals surface area contributed by atoms with Crippen molar-refractivity contribution in [3.63, 3.8) is 0 Å². The summed E-state index contributed by atoms with van der Waals surface area (Å²) < 4.78 is 151. The lowest BCUT2D eigenvalue weighted by molar-refractivity contribution is 0.00817. The van der Waals surface area contributed by atoms with Crippen molar-refractivity contribution in [3.8, 4) is 0 Å². The number of hydrogen-bond acceptors (Lipinski definition) is 2. The Morgan fingerprint density at radius 1 is 0.690 bits per heavy atom. The summed E-state index contributed by atoms with van der Waals surface area (Å²) in [6.45, 7) is 1.36. The topological polar surface area (TPSA) is 35.2 Å². The predicted molar refractivity (Wildman–Crippen MR) is 81.7 cm³/mol. The lowest BCUT2D eigenvalue weighted by Gasteiger charge is -2.25. The molecule has 0 aliphatic heterocycles. The van der Waals surface area contributed by atoms with Gasteiger partial charge in [0.15, 0.2) is 0 Å². The summed E-state index contributed by atoms with van der Waals surface area (Å²) >= 11 is 0. The fourth-order valence-electron chi connectivity index (χ4n) is 0.909. The zero-order valence-corrected chi connectivity index (χ0v) is 15.3. The Balaban J connectivity index is -0.0000000875. The molecule has 2 N–H and O–H groups in total. The highest BCUT2D eigenvalue weighted by Gasteiger charge is 2.21. The number of rotatable bonds is 5. The molecule has 0 aromatic carbocycles. The van der Waals surface area contributed by atoms with Crippen LogP contribution in [0.15, 0.2) is 0 Å². The first kappa shape index (κ1) is 38.6. The van der Waals surface area contributed by atoms with Gasteiger partial charge in [0, 0.05) is 19.3 Å². The Morgan fingerprint density at radius 3 is 0.966 bits per heavy atom. The van der Waals surface area contributed by atoms with Crippen LogP contribution in [0.25, 0.3) is 0 Å². The average molecular weight is 476 g/mol. The van der Waals surface area contributed by atoms with Gasteiger partial charge in [0.25, 0.3) is 0 Å². The molecule has 0 atom stereocenters. The molecule has 0 aliphatic rings. The Kier molecular flexibility index (Phi) is 25.4. The second-order valence-corrected chi connectivity index (χ2v) is 4.54. The molecule has 2 nitrogen and oxygen atoms in total. The zero-order chi connectivity index (χ0) is 25.1. The third kappa shape index (κ3) is 168. The van der Waals surface area contributed by atoms with Crippen LogP contribution in [-0.2, 0) is 4.74 Å². The van der Waals surface area contributed by atoms with E-state index in [1.165, 1.54) is 0 Å². The molecule has 0 aromatic heterocycles. The first-order valence-corrected chi connectivity index (χ1v) is 7.23. The molecule has 0 rings (SSSR count). The Labute approximate surface area is 157 Å². The number of methoxy groups -OCH3 is 1. The summed E-state index contributed by atoms with van der Waals surface area (Å²) in [6, 6.07) is 0. The lowest BCUT2D eigenvalue weighted by atomic mass is 9.91. The van der Waals surface area contributed by atoms with Gasteiger partial charge in [-0.3, -0.25) is 0 Å². The quantitative estimate of drug-likeness (QED) is 0.358. The number of hydrogen-bond donors (Lipinski definition) is 1. The van der Waals surface area contributed by atoms with Gasteiger partial charge in [-0.2, -0.15) is 13.2 Å². The molecule has 0 heterocycles. The van der Waals surface area contributed by atoms with E-state index in [-0.39, 0.29) is 5.54 Å². The standard InChI is InChI=1S/C8H19NO.CHF3.3BF4/c1-4-8(9,5-2)6-7-10-3;2-1(3)4;3*2-1(3,4)5/h4-7,9H2,1-3H3;1H;;;/q;;3*-1. The van der Waals surface area contributed by atoms with E-state index in [1.54, 1.807) is 7.11 Å². The van der Waals surface area contributed by atoms with Crippen molar-refractivity contribution in [3.05, 3.63) is 0 Å². The lowest BCUT2D eigenvalue weighted by Crippen LogP contribution is -2.39. The molecule has 0 fully saturated rings. The van der Waals surface area contributed by atoms with E-state index in [9.17, 15) is 65.0 Å². The van der Waals surface area contributed by atoms with Crippen LogP contribution < -0.4 is 5.73 Å². The Bertz CT molecular complexity index is 283. The fraction of sp³-hybridized carbons (Fsp3) is 1.00. The van der Waals surface area contributed by atoms with Gasteiger partial charge in [-0.05, 0) is 19.3 Å². The second-order valence-electron chi connectivity index (χ2n) is 4.54. The van der Waals surface area contributed by atoms with Crippen molar-refractivity contribution in [2.45, 2.75) is 45.3 Å². The van der Waals surface area contributed by atoms with Crippen molar-refractivity contribution < 1.29 is 69.7 Å². The van der Waals surface area contributed by atoms with Gasteiger partial charge in [0.2, 0.25) is 0 Å². The second kappa shape index (κ2) is 19.1. The van der Waals surface area contributed by atoms with E-state index >= 15 is 0 Å². The molecule has 20 heteroatoms. The number of alkyl halides is 3. The van der Waals surface area contributed by atoms with E-state index in [0.29, 0.717) is 0 Å². The normalized spacial score (nSPS) is 11.6. The average Bonchev–Trinajstić information content (AvgIpc) is 2.38. The summed E-state index contributed by atoms with van der Waals surface area (Å²) in [5.41, 5.74) is 6.01. The van der Waals surface area contributed by atoms with Crippen LogP contribution in [0.4, 0.5) is 65.0 Å². The molecule has 0 spiro atoms. The summed E-state index contributed by atoms with van der Waals surface area (Å²) in [5.74, 6) is 0. The highest BCUT2D eigenvalue weighted by molar-refractivity contribution is 6.50. The van der Waals surface area contributed by atoms with Crippen LogP contribution in [0.5, 0.6) is 0 Å². The molecule has 0 radical (unpaired) electrons. The smallest absolute Gasteiger partial charge is 0.418 e. The van der Waals surface area contributed by atoms with E-state index in [1.807, 2.05) is 0 Å².